The number of hydrogen-bond acceptors (Lipinski definition) is 3. The lowest BCUT2D eigenvalue weighted by molar-refractivity contribution is 0.290. The molecule has 1 N–H and O–H groups in total. The molecule has 1 aromatic rings. The van der Waals surface area contributed by atoms with Gasteiger partial charge in [0, 0.05) is 19.6 Å². The first-order chi connectivity index (χ1) is 9.06. The van der Waals surface area contributed by atoms with Crippen molar-refractivity contribution in [2.24, 2.45) is 7.05 Å². The fourth-order valence-electron chi connectivity index (χ4n) is 2.37. The Bertz CT molecular complexity index is 355. The number of aryl methyl sites for hydroxylation is 2. The molecule has 0 spiro atoms. The van der Waals surface area contributed by atoms with Gasteiger partial charge in [0.15, 0.2) is 0 Å². The van der Waals surface area contributed by atoms with E-state index >= 15 is 0 Å². The number of hydrogen-bond donors (Lipinski definition) is 1. The van der Waals surface area contributed by atoms with Gasteiger partial charge in [-0.3, -0.25) is 4.68 Å². The van der Waals surface area contributed by atoms with Gasteiger partial charge < -0.3 is 10.2 Å². The molecule has 1 rings (SSSR count). The number of aromatic nitrogens is 2. The van der Waals surface area contributed by atoms with E-state index in [1.165, 1.54) is 25.1 Å². The first-order valence-corrected chi connectivity index (χ1v) is 7.52. The lowest BCUT2D eigenvalue weighted by Gasteiger charge is -2.19. The summed E-state index contributed by atoms with van der Waals surface area (Å²) in [6.07, 6.45) is 2.49. The summed E-state index contributed by atoms with van der Waals surface area (Å²) in [5.41, 5.74) is 2.35. The Labute approximate surface area is 118 Å². The molecule has 0 fully saturated rings. The van der Waals surface area contributed by atoms with E-state index in [0.717, 1.165) is 25.3 Å². The van der Waals surface area contributed by atoms with Gasteiger partial charge in [-0.15, -0.1) is 0 Å². The van der Waals surface area contributed by atoms with Crippen molar-refractivity contribution in [2.75, 3.05) is 19.6 Å². The summed E-state index contributed by atoms with van der Waals surface area (Å²) in [7, 11) is 2.01. The maximum absolute atomic E-state index is 4.37. The van der Waals surface area contributed by atoms with Crippen LogP contribution in [0.25, 0.3) is 0 Å². The fourth-order valence-corrected chi connectivity index (χ4v) is 2.37. The summed E-state index contributed by atoms with van der Waals surface area (Å²) in [6.45, 7) is 13.2. The lowest BCUT2D eigenvalue weighted by Crippen LogP contribution is -2.29. The van der Waals surface area contributed by atoms with Crippen molar-refractivity contribution in [1.82, 2.24) is 20.0 Å². The van der Waals surface area contributed by atoms with Crippen LogP contribution < -0.4 is 5.32 Å². The maximum Gasteiger partial charge on any atom is 0.0597 e. The van der Waals surface area contributed by atoms with E-state index in [9.17, 15) is 0 Å². The molecule has 0 amide bonds. The van der Waals surface area contributed by atoms with Crippen LogP contribution in [0.3, 0.4) is 0 Å². The Balaban J connectivity index is 2.21. The Hall–Kier alpha value is -0.870. The van der Waals surface area contributed by atoms with Crippen LogP contribution in [-0.4, -0.2) is 40.4 Å². The maximum atomic E-state index is 4.37. The SMILES string of the molecule is CCN(CC)CCCC(C)NCc1cc(C)nn1C. The van der Waals surface area contributed by atoms with E-state index in [-0.39, 0.29) is 0 Å². The van der Waals surface area contributed by atoms with Crippen molar-refractivity contribution in [3.05, 3.63) is 17.5 Å². The smallest absolute Gasteiger partial charge is 0.0597 e. The number of nitrogens with one attached hydrogen (secondary N) is 1. The molecule has 1 atom stereocenters. The van der Waals surface area contributed by atoms with Crippen LogP contribution in [0.5, 0.6) is 0 Å². The molecule has 0 radical (unpaired) electrons. The second-order valence-electron chi connectivity index (χ2n) is 5.35. The van der Waals surface area contributed by atoms with E-state index in [1.807, 2.05) is 18.7 Å². The molecule has 0 bridgehead atoms. The highest BCUT2D eigenvalue weighted by Gasteiger charge is 2.06. The van der Waals surface area contributed by atoms with Gasteiger partial charge in [0.2, 0.25) is 0 Å². The minimum absolute atomic E-state index is 0.561. The quantitative estimate of drug-likeness (QED) is 0.744. The van der Waals surface area contributed by atoms with Gasteiger partial charge in [-0.25, -0.2) is 0 Å². The Kier molecular flexibility index (Phi) is 7.10. The van der Waals surface area contributed by atoms with Gasteiger partial charge in [-0.1, -0.05) is 13.8 Å². The van der Waals surface area contributed by atoms with Crippen molar-refractivity contribution >= 4 is 0 Å². The minimum Gasteiger partial charge on any atom is -0.309 e. The predicted octanol–water partition coefficient (Wildman–Crippen LogP) is 2.33. The first kappa shape index (κ1) is 16.2. The zero-order valence-electron chi connectivity index (χ0n) is 13.2. The second-order valence-corrected chi connectivity index (χ2v) is 5.35. The van der Waals surface area contributed by atoms with E-state index in [1.54, 1.807) is 0 Å². The van der Waals surface area contributed by atoms with Crippen LogP contribution in [0.1, 0.15) is 45.0 Å². The average Bonchev–Trinajstić information content (AvgIpc) is 2.70. The topological polar surface area (TPSA) is 33.1 Å². The van der Waals surface area contributed by atoms with Crippen LogP contribution >= 0.6 is 0 Å². The third-order valence-electron chi connectivity index (χ3n) is 3.74. The molecule has 110 valence electrons. The molecule has 1 heterocycles. The highest BCUT2D eigenvalue weighted by Crippen LogP contribution is 2.04. The van der Waals surface area contributed by atoms with Gasteiger partial charge in [0.25, 0.3) is 0 Å². The second kappa shape index (κ2) is 8.33. The van der Waals surface area contributed by atoms with Crippen molar-refractivity contribution < 1.29 is 0 Å². The van der Waals surface area contributed by atoms with Gasteiger partial charge in [-0.2, -0.15) is 5.10 Å². The van der Waals surface area contributed by atoms with Gasteiger partial charge in [0.1, 0.15) is 0 Å². The summed E-state index contributed by atoms with van der Waals surface area (Å²) < 4.78 is 1.96. The van der Waals surface area contributed by atoms with E-state index in [0.29, 0.717) is 6.04 Å². The number of rotatable bonds is 9. The van der Waals surface area contributed by atoms with E-state index in [4.69, 9.17) is 0 Å². The van der Waals surface area contributed by atoms with Gasteiger partial charge in [0.05, 0.1) is 11.4 Å². The van der Waals surface area contributed by atoms with Crippen molar-refractivity contribution in [3.8, 4) is 0 Å². The zero-order valence-corrected chi connectivity index (χ0v) is 13.2. The van der Waals surface area contributed by atoms with Crippen LogP contribution in [0.4, 0.5) is 0 Å². The summed E-state index contributed by atoms with van der Waals surface area (Å²) >= 11 is 0. The Morgan fingerprint density at radius 3 is 2.58 bits per heavy atom. The number of nitrogens with zero attached hydrogens (tertiary/aromatic N) is 3. The van der Waals surface area contributed by atoms with Crippen LogP contribution in [0.15, 0.2) is 6.07 Å². The van der Waals surface area contributed by atoms with Crippen LogP contribution in [-0.2, 0) is 13.6 Å². The molecule has 0 aliphatic rings. The van der Waals surface area contributed by atoms with Crippen molar-refractivity contribution in [2.45, 2.75) is 53.1 Å². The fraction of sp³-hybridized carbons (Fsp3) is 0.800. The molecule has 4 nitrogen and oxygen atoms in total. The molecule has 1 aromatic heterocycles. The van der Waals surface area contributed by atoms with Crippen LogP contribution in [0.2, 0.25) is 0 Å². The molecule has 0 saturated carbocycles. The Morgan fingerprint density at radius 1 is 1.37 bits per heavy atom. The molecule has 0 aliphatic heterocycles. The van der Waals surface area contributed by atoms with E-state index in [2.05, 4.69) is 42.2 Å². The standard InChI is InChI=1S/C15H30N4/c1-6-19(7-2)10-8-9-13(3)16-12-15-11-14(4)17-18(15)5/h11,13,16H,6-10,12H2,1-5H3. The van der Waals surface area contributed by atoms with Gasteiger partial charge >= 0.3 is 0 Å². The minimum atomic E-state index is 0.561. The van der Waals surface area contributed by atoms with Crippen LogP contribution in [0, 0.1) is 6.92 Å². The largest absolute Gasteiger partial charge is 0.309 e. The molecular weight excluding hydrogens is 236 g/mol. The van der Waals surface area contributed by atoms with E-state index < -0.39 is 0 Å². The zero-order chi connectivity index (χ0) is 14.3. The van der Waals surface area contributed by atoms with Crippen molar-refractivity contribution in [3.63, 3.8) is 0 Å². The molecule has 19 heavy (non-hydrogen) atoms. The average molecular weight is 266 g/mol. The monoisotopic (exact) mass is 266 g/mol. The third kappa shape index (κ3) is 5.74. The molecule has 1 unspecified atom stereocenters. The highest BCUT2D eigenvalue weighted by molar-refractivity contribution is 5.08. The van der Waals surface area contributed by atoms with Gasteiger partial charge in [-0.05, 0) is 52.4 Å². The highest BCUT2D eigenvalue weighted by atomic mass is 15.3. The first-order valence-electron chi connectivity index (χ1n) is 7.52. The normalized spacial score (nSPS) is 13.2. The summed E-state index contributed by atoms with van der Waals surface area (Å²) in [6, 6.07) is 2.71. The van der Waals surface area contributed by atoms with Crippen molar-refractivity contribution in [1.29, 1.82) is 0 Å². The molecule has 4 heteroatoms. The summed E-state index contributed by atoms with van der Waals surface area (Å²) in [5.74, 6) is 0. The molecule has 0 saturated heterocycles. The Morgan fingerprint density at radius 2 is 2.05 bits per heavy atom. The molecular formula is C15H30N4. The predicted molar refractivity (Wildman–Crippen MR) is 81.3 cm³/mol. The summed E-state index contributed by atoms with van der Waals surface area (Å²) in [4.78, 5) is 2.48. The third-order valence-corrected chi connectivity index (χ3v) is 3.74. The molecule has 0 aliphatic carbocycles. The summed E-state index contributed by atoms with van der Waals surface area (Å²) in [5, 5.41) is 7.95. The molecule has 0 aromatic carbocycles. The lowest BCUT2D eigenvalue weighted by atomic mass is 10.1.